The Labute approximate surface area is 62.8 Å². The highest BCUT2D eigenvalue weighted by Gasteiger charge is 2.09. The molecule has 0 aromatic rings. The van der Waals surface area contributed by atoms with Gasteiger partial charge in [0.2, 0.25) is 0 Å². The molecule has 0 rings (SSSR count). The number of hydrogen-bond acceptors (Lipinski definition) is 2. The molecule has 2 nitrogen and oxygen atoms in total. The van der Waals surface area contributed by atoms with E-state index in [1.165, 1.54) is 0 Å². The Morgan fingerprint density at radius 3 is 2.50 bits per heavy atom. The molecule has 60 valence electrons. The number of carbonyl (C=O) groups is 1. The number of carbonyl (C=O) groups excluding carboxylic acids is 1. The second-order valence-corrected chi connectivity index (χ2v) is 2.65. The lowest BCUT2D eigenvalue weighted by Gasteiger charge is -2.08. The van der Waals surface area contributed by atoms with Gasteiger partial charge in [0.05, 0.1) is 0 Å². The number of hydrogen-bond donors (Lipinski definition) is 1. The first-order chi connectivity index (χ1) is 4.72. The maximum Gasteiger partial charge on any atom is 0.132 e. The number of Topliss-reactive ketones (excluding diaryl/α,β-unsaturated/α-hetero) is 1. The maximum atomic E-state index is 10.8. The average molecular weight is 143 g/mol. The van der Waals surface area contributed by atoms with Gasteiger partial charge >= 0.3 is 0 Å². The number of nitrogens with two attached hydrogens (primary N) is 1. The molecule has 0 saturated carbocycles. The van der Waals surface area contributed by atoms with Gasteiger partial charge in [-0.05, 0) is 32.7 Å². The number of ketones is 1. The minimum absolute atomic E-state index is 0.253. The molecule has 10 heavy (non-hydrogen) atoms. The molecule has 0 aliphatic carbocycles. The Balaban J connectivity index is 3.50. The van der Waals surface area contributed by atoms with Crippen LogP contribution in [0.5, 0.6) is 0 Å². The van der Waals surface area contributed by atoms with Crippen molar-refractivity contribution in [3.8, 4) is 0 Å². The molecule has 0 aliphatic rings. The molecule has 0 fully saturated rings. The molecule has 0 spiro atoms. The van der Waals surface area contributed by atoms with Crippen LogP contribution in [-0.2, 0) is 4.79 Å². The highest BCUT2D eigenvalue weighted by atomic mass is 16.1. The molecule has 0 aromatic heterocycles. The van der Waals surface area contributed by atoms with Crippen molar-refractivity contribution in [2.75, 3.05) is 6.54 Å². The van der Waals surface area contributed by atoms with E-state index in [1.807, 2.05) is 6.92 Å². The molecule has 0 heterocycles. The van der Waals surface area contributed by atoms with Gasteiger partial charge in [-0.3, -0.25) is 4.79 Å². The van der Waals surface area contributed by atoms with Gasteiger partial charge in [0.15, 0.2) is 0 Å². The summed E-state index contributed by atoms with van der Waals surface area (Å²) >= 11 is 0. The summed E-state index contributed by atoms with van der Waals surface area (Å²) in [7, 11) is 0. The average Bonchev–Trinajstić information content (AvgIpc) is 1.89. The van der Waals surface area contributed by atoms with Crippen molar-refractivity contribution in [1.82, 2.24) is 0 Å². The maximum absolute atomic E-state index is 10.8. The number of rotatable bonds is 5. The van der Waals surface area contributed by atoms with Gasteiger partial charge in [0, 0.05) is 5.92 Å². The van der Waals surface area contributed by atoms with E-state index in [2.05, 4.69) is 0 Å². The standard InChI is InChI=1S/C8H17NO/c1-3-8(7(2)10)5-4-6-9/h8H,3-6,9H2,1-2H3/t8-/m0/s1. The minimum atomic E-state index is 0.253. The Hall–Kier alpha value is -0.370. The minimum Gasteiger partial charge on any atom is -0.330 e. The first kappa shape index (κ1) is 9.63. The Kier molecular flexibility index (Phi) is 5.22. The second kappa shape index (κ2) is 5.42. The van der Waals surface area contributed by atoms with Crippen molar-refractivity contribution in [1.29, 1.82) is 0 Å². The van der Waals surface area contributed by atoms with Crippen LogP contribution in [-0.4, -0.2) is 12.3 Å². The van der Waals surface area contributed by atoms with Crippen LogP contribution >= 0.6 is 0 Å². The van der Waals surface area contributed by atoms with Crippen molar-refractivity contribution in [3.63, 3.8) is 0 Å². The smallest absolute Gasteiger partial charge is 0.132 e. The van der Waals surface area contributed by atoms with E-state index in [0.29, 0.717) is 12.3 Å². The lowest BCUT2D eigenvalue weighted by atomic mass is 9.97. The zero-order chi connectivity index (χ0) is 7.98. The van der Waals surface area contributed by atoms with E-state index in [4.69, 9.17) is 5.73 Å². The topological polar surface area (TPSA) is 43.1 Å². The van der Waals surface area contributed by atoms with Crippen LogP contribution in [0.2, 0.25) is 0 Å². The fourth-order valence-corrected chi connectivity index (χ4v) is 1.06. The second-order valence-electron chi connectivity index (χ2n) is 2.65. The molecule has 0 aliphatic heterocycles. The Bertz CT molecular complexity index is 101. The Morgan fingerprint density at radius 2 is 2.20 bits per heavy atom. The van der Waals surface area contributed by atoms with Crippen molar-refractivity contribution in [2.24, 2.45) is 11.7 Å². The Morgan fingerprint density at radius 1 is 1.60 bits per heavy atom. The van der Waals surface area contributed by atoms with Gasteiger partial charge in [-0.1, -0.05) is 6.92 Å². The molecular weight excluding hydrogens is 126 g/mol. The van der Waals surface area contributed by atoms with Crippen molar-refractivity contribution >= 4 is 5.78 Å². The third kappa shape index (κ3) is 3.62. The lowest BCUT2D eigenvalue weighted by molar-refractivity contribution is -0.121. The summed E-state index contributed by atoms with van der Waals surface area (Å²) in [6.45, 7) is 4.40. The zero-order valence-electron chi connectivity index (χ0n) is 6.89. The van der Waals surface area contributed by atoms with Crippen LogP contribution in [0.15, 0.2) is 0 Å². The quantitative estimate of drug-likeness (QED) is 0.631. The molecule has 0 saturated heterocycles. The fourth-order valence-electron chi connectivity index (χ4n) is 1.06. The summed E-state index contributed by atoms with van der Waals surface area (Å²) in [5, 5.41) is 0. The van der Waals surface area contributed by atoms with Crippen molar-refractivity contribution in [2.45, 2.75) is 33.1 Å². The van der Waals surface area contributed by atoms with Crippen LogP contribution in [0.1, 0.15) is 33.1 Å². The highest BCUT2D eigenvalue weighted by molar-refractivity contribution is 5.78. The van der Waals surface area contributed by atoms with E-state index in [1.54, 1.807) is 6.92 Å². The predicted octanol–water partition coefficient (Wildman–Crippen LogP) is 1.34. The van der Waals surface area contributed by atoms with Gasteiger partial charge in [0.25, 0.3) is 0 Å². The SMILES string of the molecule is CC[C@@H](CCCN)C(C)=O. The van der Waals surface area contributed by atoms with Crippen molar-refractivity contribution in [3.05, 3.63) is 0 Å². The van der Waals surface area contributed by atoms with E-state index < -0.39 is 0 Å². The summed E-state index contributed by atoms with van der Waals surface area (Å²) in [5.41, 5.74) is 5.32. The third-order valence-corrected chi connectivity index (χ3v) is 1.82. The van der Waals surface area contributed by atoms with Crippen LogP contribution in [0.3, 0.4) is 0 Å². The molecule has 2 N–H and O–H groups in total. The normalized spacial score (nSPS) is 13.1. The van der Waals surface area contributed by atoms with Crippen molar-refractivity contribution < 1.29 is 4.79 Å². The fraction of sp³-hybridized carbons (Fsp3) is 0.875. The van der Waals surface area contributed by atoms with Gasteiger partial charge in [-0.25, -0.2) is 0 Å². The molecule has 0 radical (unpaired) electrons. The van der Waals surface area contributed by atoms with E-state index >= 15 is 0 Å². The van der Waals surface area contributed by atoms with Gasteiger partial charge in [-0.2, -0.15) is 0 Å². The first-order valence-electron chi connectivity index (χ1n) is 3.92. The third-order valence-electron chi connectivity index (χ3n) is 1.82. The van der Waals surface area contributed by atoms with Crippen LogP contribution in [0.4, 0.5) is 0 Å². The monoisotopic (exact) mass is 143 g/mol. The molecule has 2 heteroatoms. The lowest BCUT2D eigenvalue weighted by Crippen LogP contribution is -2.11. The summed E-state index contributed by atoms with van der Waals surface area (Å²) in [4.78, 5) is 10.8. The molecule has 0 aromatic carbocycles. The summed E-state index contributed by atoms with van der Waals surface area (Å²) in [6, 6.07) is 0. The van der Waals surface area contributed by atoms with E-state index in [0.717, 1.165) is 19.3 Å². The molecule has 1 atom stereocenters. The van der Waals surface area contributed by atoms with E-state index in [9.17, 15) is 4.79 Å². The zero-order valence-corrected chi connectivity index (χ0v) is 6.89. The molecular formula is C8H17NO. The van der Waals surface area contributed by atoms with Gasteiger partial charge in [0.1, 0.15) is 5.78 Å². The van der Waals surface area contributed by atoms with Crippen LogP contribution < -0.4 is 5.73 Å². The largest absolute Gasteiger partial charge is 0.330 e. The molecule has 0 amide bonds. The van der Waals surface area contributed by atoms with Crippen LogP contribution in [0.25, 0.3) is 0 Å². The summed E-state index contributed by atoms with van der Waals surface area (Å²) in [6.07, 6.45) is 2.88. The highest BCUT2D eigenvalue weighted by Crippen LogP contribution is 2.10. The molecule has 0 unspecified atom stereocenters. The van der Waals surface area contributed by atoms with Crippen LogP contribution in [0, 0.1) is 5.92 Å². The summed E-state index contributed by atoms with van der Waals surface area (Å²) < 4.78 is 0. The van der Waals surface area contributed by atoms with Gasteiger partial charge in [-0.15, -0.1) is 0 Å². The predicted molar refractivity (Wildman–Crippen MR) is 42.8 cm³/mol. The first-order valence-corrected chi connectivity index (χ1v) is 3.92. The van der Waals surface area contributed by atoms with Gasteiger partial charge < -0.3 is 5.73 Å². The van der Waals surface area contributed by atoms with E-state index in [-0.39, 0.29) is 5.92 Å². The molecule has 0 bridgehead atoms. The summed E-state index contributed by atoms with van der Waals surface area (Å²) in [5.74, 6) is 0.555.